The normalized spacial score (nSPS) is 17.3. The van der Waals surface area contributed by atoms with Crippen LogP contribution < -0.4 is 5.56 Å². The number of amides is 1. The van der Waals surface area contributed by atoms with E-state index in [9.17, 15) is 9.59 Å². The van der Waals surface area contributed by atoms with Gasteiger partial charge in [-0.3, -0.25) is 9.59 Å². The third kappa shape index (κ3) is 3.20. The largest absolute Gasteiger partial charge is 0.340 e. The third-order valence-corrected chi connectivity index (χ3v) is 4.92. The van der Waals surface area contributed by atoms with Crippen molar-refractivity contribution in [3.8, 4) is 0 Å². The first kappa shape index (κ1) is 16.0. The number of hydrogen-bond donors (Lipinski definition) is 1. The van der Waals surface area contributed by atoms with Crippen LogP contribution in [0, 0.1) is 13.8 Å². The van der Waals surface area contributed by atoms with E-state index < -0.39 is 0 Å². The number of H-pyrrole nitrogens is 1. The molecular weight excluding hydrogens is 320 g/mol. The molecule has 0 radical (unpaired) electrons. The summed E-state index contributed by atoms with van der Waals surface area (Å²) in [5.41, 5.74) is 0.844. The Hall–Kier alpha value is -2.51. The molecule has 1 aliphatic carbocycles. The van der Waals surface area contributed by atoms with Gasteiger partial charge in [-0.05, 0) is 26.7 Å². The molecular formula is C17H22N6O2. The van der Waals surface area contributed by atoms with Crippen LogP contribution in [-0.4, -0.2) is 48.6 Å². The molecule has 0 aromatic carbocycles. The molecule has 0 atom stereocenters. The Labute approximate surface area is 145 Å². The van der Waals surface area contributed by atoms with Gasteiger partial charge in [0.05, 0.1) is 13.0 Å². The van der Waals surface area contributed by atoms with Crippen molar-refractivity contribution in [3.63, 3.8) is 0 Å². The number of fused-ring (bicyclic) bond motifs is 1. The molecule has 0 bridgehead atoms. The van der Waals surface area contributed by atoms with Crippen LogP contribution in [0.3, 0.4) is 0 Å². The van der Waals surface area contributed by atoms with Crippen molar-refractivity contribution in [2.75, 3.05) is 13.1 Å². The van der Waals surface area contributed by atoms with Gasteiger partial charge in [0.15, 0.2) is 5.82 Å². The van der Waals surface area contributed by atoms with Gasteiger partial charge in [-0.1, -0.05) is 0 Å². The Balaban J connectivity index is 1.45. The van der Waals surface area contributed by atoms with E-state index >= 15 is 0 Å². The number of nitrogens with one attached hydrogen (secondary N) is 1. The van der Waals surface area contributed by atoms with E-state index in [-0.39, 0.29) is 17.9 Å². The monoisotopic (exact) mass is 342 g/mol. The second-order valence-corrected chi connectivity index (χ2v) is 6.91. The van der Waals surface area contributed by atoms with E-state index in [1.165, 1.54) is 12.8 Å². The van der Waals surface area contributed by atoms with Gasteiger partial charge in [0.25, 0.3) is 5.56 Å². The van der Waals surface area contributed by atoms with Gasteiger partial charge >= 0.3 is 0 Å². The molecule has 25 heavy (non-hydrogen) atoms. The van der Waals surface area contributed by atoms with E-state index in [0.717, 1.165) is 11.6 Å². The number of aromatic nitrogens is 5. The molecule has 4 rings (SSSR count). The Bertz CT molecular complexity index is 854. The summed E-state index contributed by atoms with van der Waals surface area (Å²) < 4.78 is 1.94. The molecule has 1 fully saturated rings. The number of carbonyl (C=O) groups is 1. The second kappa shape index (κ2) is 6.09. The van der Waals surface area contributed by atoms with Gasteiger partial charge < -0.3 is 9.88 Å². The van der Waals surface area contributed by atoms with Crippen LogP contribution >= 0.6 is 0 Å². The van der Waals surface area contributed by atoms with Crippen molar-refractivity contribution >= 4 is 5.91 Å². The minimum Gasteiger partial charge on any atom is -0.340 e. The minimum absolute atomic E-state index is 0.0487. The Morgan fingerprint density at radius 2 is 2.00 bits per heavy atom. The van der Waals surface area contributed by atoms with Crippen LogP contribution in [0.5, 0.6) is 0 Å². The topological polar surface area (TPSA) is 96.8 Å². The summed E-state index contributed by atoms with van der Waals surface area (Å²) in [4.78, 5) is 38.1. The van der Waals surface area contributed by atoms with Crippen LogP contribution in [0.2, 0.25) is 0 Å². The van der Waals surface area contributed by atoms with E-state index in [4.69, 9.17) is 0 Å². The molecule has 8 heteroatoms. The summed E-state index contributed by atoms with van der Waals surface area (Å²) in [7, 11) is 0. The first-order chi connectivity index (χ1) is 12.0. The molecule has 2 aromatic rings. The smallest absolute Gasteiger partial charge is 0.254 e. The molecule has 1 saturated carbocycles. The third-order valence-electron chi connectivity index (χ3n) is 4.92. The average Bonchev–Trinajstić information content (AvgIpc) is 3.35. The quantitative estimate of drug-likeness (QED) is 0.875. The number of aromatic amines is 1. The lowest BCUT2D eigenvalue weighted by molar-refractivity contribution is -0.130. The second-order valence-electron chi connectivity index (χ2n) is 6.91. The van der Waals surface area contributed by atoms with Crippen molar-refractivity contribution in [3.05, 3.63) is 39.1 Å². The van der Waals surface area contributed by atoms with Crippen LogP contribution in [0.1, 0.15) is 47.5 Å². The van der Waals surface area contributed by atoms with Crippen molar-refractivity contribution in [1.29, 1.82) is 0 Å². The van der Waals surface area contributed by atoms with Gasteiger partial charge in [-0.15, -0.1) is 0 Å². The molecule has 0 unspecified atom stereocenters. The predicted molar refractivity (Wildman–Crippen MR) is 90.3 cm³/mol. The van der Waals surface area contributed by atoms with E-state index in [0.29, 0.717) is 49.1 Å². The molecule has 2 aliphatic rings. The molecule has 132 valence electrons. The Morgan fingerprint density at radius 3 is 2.72 bits per heavy atom. The summed E-state index contributed by atoms with van der Waals surface area (Å²) in [6.07, 6.45) is 3.16. The molecule has 0 spiro atoms. The highest BCUT2D eigenvalue weighted by Gasteiger charge is 2.30. The summed E-state index contributed by atoms with van der Waals surface area (Å²) in [5.74, 6) is 2.98. The van der Waals surface area contributed by atoms with Crippen molar-refractivity contribution in [1.82, 2.24) is 29.6 Å². The van der Waals surface area contributed by atoms with Crippen molar-refractivity contribution in [2.24, 2.45) is 0 Å². The summed E-state index contributed by atoms with van der Waals surface area (Å²) >= 11 is 0. The van der Waals surface area contributed by atoms with E-state index in [1.54, 1.807) is 18.7 Å². The van der Waals surface area contributed by atoms with Gasteiger partial charge in [0.2, 0.25) is 5.91 Å². The summed E-state index contributed by atoms with van der Waals surface area (Å²) in [5, 5.41) is 4.59. The number of carbonyl (C=O) groups excluding carboxylic acids is 1. The Morgan fingerprint density at radius 1 is 1.20 bits per heavy atom. The van der Waals surface area contributed by atoms with Crippen LogP contribution in [-0.2, 0) is 24.2 Å². The van der Waals surface area contributed by atoms with Gasteiger partial charge in [-0.25, -0.2) is 14.6 Å². The first-order valence-electron chi connectivity index (χ1n) is 8.79. The fourth-order valence-corrected chi connectivity index (χ4v) is 3.31. The highest BCUT2D eigenvalue weighted by molar-refractivity contribution is 5.79. The SMILES string of the molecule is Cc1nc(C)c(CC(=O)N2CCc3nc(C4CC4)nn3CC2)c(=O)[nH]1. The molecule has 3 heterocycles. The van der Waals surface area contributed by atoms with Crippen molar-refractivity contribution in [2.45, 2.75) is 52.0 Å². The maximum absolute atomic E-state index is 12.7. The molecule has 1 amide bonds. The zero-order chi connectivity index (χ0) is 17.6. The average molecular weight is 342 g/mol. The zero-order valence-electron chi connectivity index (χ0n) is 14.6. The molecule has 0 saturated heterocycles. The van der Waals surface area contributed by atoms with Crippen LogP contribution in [0.15, 0.2) is 4.79 Å². The number of nitrogens with zero attached hydrogens (tertiary/aromatic N) is 5. The maximum Gasteiger partial charge on any atom is 0.254 e. The predicted octanol–water partition coefficient (Wildman–Crippen LogP) is 0.483. The molecule has 1 aliphatic heterocycles. The molecule has 8 nitrogen and oxygen atoms in total. The number of aryl methyl sites for hydroxylation is 2. The van der Waals surface area contributed by atoms with Gasteiger partial charge in [-0.2, -0.15) is 5.10 Å². The lowest BCUT2D eigenvalue weighted by atomic mass is 10.1. The Kier molecular flexibility index (Phi) is 3.89. The summed E-state index contributed by atoms with van der Waals surface area (Å²) in [6.45, 7) is 5.36. The van der Waals surface area contributed by atoms with E-state index in [2.05, 4.69) is 20.1 Å². The zero-order valence-corrected chi connectivity index (χ0v) is 14.6. The minimum atomic E-state index is -0.225. The summed E-state index contributed by atoms with van der Waals surface area (Å²) in [6, 6.07) is 0. The molecule has 1 N–H and O–H groups in total. The fraction of sp³-hybridized carbons (Fsp3) is 0.588. The lowest BCUT2D eigenvalue weighted by Crippen LogP contribution is -2.36. The standard InChI is InChI=1S/C17H22N6O2/c1-10-13(17(25)19-11(2)18-10)9-15(24)22-6-5-14-20-16(12-3-4-12)21-23(14)8-7-22/h12H,3-9H2,1-2H3,(H,18,19,25). The van der Waals surface area contributed by atoms with Crippen LogP contribution in [0.25, 0.3) is 0 Å². The highest BCUT2D eigenvalue weighted by atomic mass is 16.2. The maximum atomic E-state index is 12.7. The highest BCUT2D eigenvalue weighted by Crippen LogP contribution is 2.38. The van der Waals surface area contributed by atoms with Gasteiger partial charge in [0.1, 0.15) is 11.6 Å². The van der Waals surface area contributed by atoms with Gasteiger partial charge in [0, 0.05) is 36.7 Å². The lowest BCUT2D eigenvalue weighted by Gasteiger charge is -2.20. The number of hydrogen-bond acceptors (Lipinski definition) is 5. The van der Waals surface area contributed by atoms with E-state index in [1.807, 2.05) is 4.68 Å². The first-order valence-corrected chi connectivity index (χ1v) is 8.79. The molecule has 2 aromatic heterocycles. The van der Waals surface area contributed by atoms with Crippen LogP contribution in [0.4, 0.5) is 0 Å². The number of rotatable bonds is 3. The van der Waals surface area contributed by atoms with Crippen molar-refractivity contribution < 1.29 is 4.79 Å². The fourth-order valence-electron chi connectivity index (χ4n) is 3.31.